The molecule has 2 rings (SSSR count). The highest BCUT2D eigenvalue weighted by molar-refractivity contribution is 7.15. The summed E-state index contributed by atoms with van der Waals surface area (Å²) in [5, 5.41) is 1.97. The molecule has 0 aliphatic heterocycles. The maximum atomic E-state index is 10.8. The van der Waals surface area contributed by atoms with Gasteiger partial charge in [0.2, 0.25) is 0 Å². The SMILES string of the molecule is Cc1csc2nc(=O)ccn12. The van der Waals surface area contributed by atoms with Crippen molar-refractivity contribution in [3.05, 3.63) is 33.7 Å². The number of aryl methyl sites for hydroxylation is 1. The van der Waals surface area contributed by atoms with Crippen molar-refractivity contribution in [1.82, 2.24) is 9.38 Å². The Morgan fingerprint density at radius 1 is 1.64 bits per heavy atom. The molecule has 0 unspecified atom stereocenters. The van der Waals surface area contributed by atoms with E-state index in [0.717, 1.165) is 10.7 Å². The first-order valence-corrected chi connectivity index (χ1v) is 4.09. The van der Waals surface area contributed by atoms with E-state index in [1.54, 1.807) is 6.20 Å². The molecule has 4 heteroatoms. The number of hydrogen-bond acceptors (Lipinski definition) is 3. The van der Waals surface area contributed by atoms with Crippen molar-refractivity contribution >= 4 is 16.3 Å². The van der Waals surface area contributed by atoms with Crippen molar-refractivity contribution in [1.29, 1.82) is 0 Å². The molecule has 3 nitrogen and oxygen atoms in total. The standard InChI is InChI=1S/C7H6N2OS/c1-5-4-11-7-8-6(10)2-3-9(5)7/h2-4H,1H3. The number of aromatic nitrogens is 2. The van der Waals surface area contributed by atoms with Crippen molar-refractivity contribution in [3.8, 4) is 0 Å². The quantitative estimate of drug-likeness (QED) is 0.586. The zero-order chi connectivity index (χ0) is 7.84. The van der Waals surface area contributed by atoms with E-state index in [-0.39, 0.29) is 5.56 Å². The average Bonchev–Trinajstić information content (AvgIpc) is 2.32. The van der Waals surface area contributed by atoms with Gasteiger partial charge in [-0.15, -0.1) is 11.3 Å². The van der Waals surface area contributed by atoms with Gasteiger partial charge in [0.05, 0.1) is 0 Å². The van der Waals surface area contributed by atoms with Crippen LogP contribution in [0.2, 0.25) is 0 Å². The van der Waals surface area contributed by atoms with Crippen LogP contribution in [0.15, 0.2) is 22.4 Å². The number of rotatable bonds is 0. The minimum atomic E-state index is -0.174. The Morgan fingerprint density at radius 2 is 2.45 bits per heavy atom. The van der Waals surface area contributed by atoms with E-state index >= 15 is 0 Å². The summed E-state index contributed by atoms with van der Waals surface area (Å²) in [5.41, 5.74) is 0.935. The third kappa shape index (κ3) is 0.952. The van der Waals surface area contributed by atoms with E-state index in [9.17, 15) is 4.79 Å². The van der Waals surface area contributed by atoms with Gasteiger partial charge in [-0.05, 0) is 6.92 Å². The first-order chi connectivity index (χ1) is 5.27. The van der Waals surface area contributed by atoms with Gasteiger partial charge < -0.3 is 0 Å². The second-order valence-electron chi connectivity index (χ2n) is 2.30. The zero-order valence-electron chi connectivity index (χ0n) is 5.94. The predicted molar refractivity (Wildman–Crippen MR) is 44.1 cm³/mol. The van der Waals surface area contributed by atoms with Gasteiger partial charge in [0.1, 0.15) is 0 Å². The number of nitrogens with zero attached hydrogens (tertiary/aromatic N) is 2. The Balaban J connectivity index is 2.96. The molecule has 11 heavy (non-hydrogen) atoms. The lowest BCUT2D eigenvalue weighted by Crippen LogP contribution is -2.04. The van der Waals surface area contributed by atoms with Crippen LogP contribution in [0.1, 0.15) is 5.69 Å². The number of fused-ring (bicyclic) bond motifs is 1. The van der Waals surface area contributed by atoms with Gasteiger partial charge in [-0.2, -0.15) is 4.98 Å². The van der Waals surface area contributed by atoms with Crippen LogP contribution in [0.3, 0.4) is 0 Å². The normalized spacial score (nSPS) is 10.6. The van der Waals surface area contributed by atoms with Crippen LogP contribution in [-0.2, 0) is 0 Å². The fourth-order valence-electron chi connectivity index (χ4n) is 0.934. The maximum Gasteiger partial charge on any atom is 0.273 e. The van der Waals surface area contributed by atoms with Crippen LogP contribution >= 0.6 is 11.3 Å². The van der Waals surface area contributed by atoms with Crippen LogP contribution in [0.25, 0.3) is 4.96 Å². The minimum Gasteiger partial charge on any atom is -0.296 e. The van der Waals surface area contributed by atoms with E-state index in [2.05, 4.69) is 4.98 Å². The summed E-state index contributed by atoms with van der Waals surface area (Å²) in [6, 6.07) is 1.46. The van der Waals surface area contributed by atoms with E-state index < -0.39 is 0 Å². The number of hydrogen-bond donors (Lipinski definition) is 0. The van der Waals surface area contributed by atoms with E-state index in [4.69, 9.17) is 0 Å². The Kier molecular flexibility index (Phi) is 1.29. The van der Waals surface area contributed by atoms with Gasteiger partial charge in [0.25, 0.3) is 5.56 Å². The summed E-state index contributed by atoms with van der Waals surface area (Å²) in [7, 11) is 0. The molecule has 0 saturated carbocycles. The Hall–Kier alpha value is -1.16. The molecule has 0 amide bonds. The van der Waals surface area contributed by atoms with E-state index in [1.165, 1.54) is 17.4 Å². The summed E-state index contributed by atoms with van der Waals surface area (Å²) in [5.74, 6) is 0. The van der Waals surface area contributed by atoms with Crippen molar-refractivity contribution in [2.24, 2.45) is 0 Å². The molecule has 0 N–H and O–H groups in total. The molecule has 0 radical (unpaired) electrons. The molecule has 0 aliphatic rings. The Morgan fingerprint density at radius 3 is 3.27 bits per heavy atom. The maximum absolute atomic E-state index is 10.8. The zero-order valence-corrected chi connectivity index (χ0v) is 6.76. The lowest BCUT2D eigenvalue weighted by atomic mass is 10.5. The van der Waals surface area contributed by atoms with Crippen molar-refractivity contribution in [3.63, 3.8) is 0 Å². The van der Waals surface area contributed by atoms with Gasteiger partial charge in [-0.1, -0.05) is 0 Å². The van der Waals surface area contributed by atoms with Gasteiger partial charge in [0, 0.05) is 23.3 Å². The highest BCUT2D eigenvalue weighted by Crippen LogP contribution is 2.10. The summed E-state index contributed by atoms with van der Waals surface area (Å²) in [6.07, 6.45) is 1.75. The lowest BCUT2D eigenvalue weighted by molar-refractivity contribution is 1.06. The molecule has 0 fully saturated rings. The molecule has 0 bridgehead atoms. The highest BCUT2D eigenvalue weighted by atomic mass is 32.1. The fourth-order valence-corrected chi connectivity index (χ4v) is 1.78. The van der Waals surface area contributed by atoms with Crippen molar-refractivity contribution in [2.45, 2.75) is 6.92 Å². The largest absolute Gasteiger partial charge is 0.296 e. The molecule has 2 aromatic rings. The van der Waals surface area contributed by atoms with Crippen LogP contribution in [0, 0.1) is 6.92 Å². The molecule has 56 valence electrons. The molecule has 2 heterocycles. The Bertz CT molecular complexity index is 443. The van der Waals surface area contributed by atoms with Crippen molar-refractivity contribution < 1.29 is 0 Å². The number of thiazole rings is 1. The molecule has 0 aliphatic carbocycles. The first kappa shape index (κ1) is 6.54. The summed E-state index contributed by atoms with van der Waals surface area (Å²) >= 11 is 1.48. The molecule has 0 spiro atoms. The second kappa shape index (κ2) is 2.17. The van der Waals surface area contributed by atoms with Crippen LogP contribution in [0.5, 0.6) is 0 Å². The average molecular weight is 166 g/mol. The van der Waals surface area contributed by atoms with Crippen LogP contribution in [-0.4, -0.2) is 9.38 Å². The van der Waals surface area contributed by atoms with Gasteiger partial charge in [0.15, 0.2) is 4.96 Å². The lowest BCUT2D eigenvalue weighted by Gasteiger charge is -1.91. The minimum absolute atomic E-state index is 0.174. The first-order valence-electron chi connectivity index (χ1n) is 3.21. The van der Waals surface area contributed by atoms with Crippen LogP contribution < -0.4 is 5.56 Å². The van der Waals surface area contributed by atoms with E-state index in [1.807, 2.05) is 16.7 Å². The Labute approximate surface area is 66.9 Å². The molecule has 0 atom stereocenters. The predicted octanol–water partition coefficient (Wildman–Crippen LogP) is 1.06. The van der Waals surface area contributed by atoms with Crippen molar-refractivity contribution in [2.75, 3.05) is 0 Å². The monoisotopic (exact) mass is 166 g/mol. The molecular formula is C7H6N2OS. The highest BCUT2D eigenvalue weighted by Gasteiger charge is 1.97. The fraction of sp³-hybridized carbons (Fsp3) is 0.143. The molecule has 0 saturated heterocycles. The van der Waals surface area contributed by atoms with Gasteiger partial charge in [-0.3, -0.25) is 9.20 Å². The summed E-state index contributed by atoms with van der Waals surface area (Å²) < 4.78 is 1.89. The summed E-state index contributed by atoms with van der Waals surface area (Å²) in [4.78, 5) is 15.4. The third-order valence-electron chi connectivity index (χ3n) is 1.49. The topological polar surface area (TPSA) is 34.4 Å². The molecule has 0 aromatic carbocycles. The molecular weight excluding hydrogens is 160 g/mol. The van der Waals surface area contributed by atoms with Crippen LogP contribution in [0.4, 0.5) is 0 Å². The van der Waals surface area contributed by atoms with Gasteiger partial charge in [-0.25, -0.2) is 0 Å². The molecule has 2 aromatic heterocycles. The van der Waals surface area contributed by atoms with E-state index in [0.29, 0.717) is 0 Å². The second-order valence-corrected chi connectivity index (χ2v) is 3.13. The third-order valence-corrected chi connectivity index (χ3v) is 2.45. The summed E-state index contributed by atoms with van der Waals surface area (Å²) in [6.45, 7) is 1.98. The smallest absolute Gasteiger partial charge is 0.273 e. The van der Waals surface area contributed by atoms with Gasteiger partial charge >= 0.3 is 0 Å².